The molecular formula is C18H30N2O7. The molecule has 1 heterocycles. The Balaban J connectivity index is 1.97. The van der Waals surface area contributed by atoms with E-state index in [9.17, 15) is 14.4 Å². The van der Waals surface area contributed by atoms with Gasteiger partial charge in [0.25, 0.3) is 0 Å². The molecule has 0 spiro atoms. The van der Waals surface area contributed by atoms with Crippen LogP contribution in [0.5, 0.6) is 0 Å². The number of nitrogens with one attached hydrogen (secondary N) is 2. The normalized spacial score (nSPS) is 30.2. The first-order valence-electron chi connectivity index (χ1n) is 9.10. The fourth-order valence-corrected chi connectivity index (χ4v) is 3.26. The van der Waals surface area contributed by atoms with Crippen LogP contribution < -0.4 is 10.6 Å². The Bertz CT molecular complexity index is 599. The highest BCUT2D eigenvalue weighted by molar-refractivity contribution is 5.85. The molecule has 2 fully saturated rings. The number of amides is 2. The predicted molar refractivity (Wildman–Crippen MR) is 94.8 cm³/mol. The summed E-state index contributed by atoms with van der Waals surface area (Å²) in [6.07, 6.45) is -1.71. The minimum absolute atomic E-state index is 0.371. The Labute approximate surface area is 159 Å². The topological polar surface area (TPSA) is 112 Å². The van der Waals surface area contributed by atoms with Crippen molar-refractivity contribution in [3.8, 4) is 0 Å². The number of fused-ring (bicyclic) bond motifs is 1. The van der Waals surface area contributed by atoms with Gasteiger partial charge in [-0.2, -0.15) is 0 Å². The second kappa shape index (κ2) is 7.63. The molecule has 0 unspecified atom stereocenters. The third kappa shape index (κ3) is 5.80. The van der Waals surface area contributed by atoms with Crippen LogP contribution in [0, 0.1) is 0 Å². The van der Waals surface area contributed by atoms with Crippen molar-refractivity contribution in [3.63, 3.8) is 0 Å². The van der Waals surface area contributed by atoms with E-state index in [4.69, 9.17) is 18.9 Å². The summed E-state index contributed by atoms with van der Waals surface area (Å²) in [6.45, 7) is 11.6. The number of rotatable bonds is 4. The van der Waals surface area contributed by atoms with Crippen LogP contribution in [0.4, 0.5) is 4.79 Å². The molecule has 2 N–H and O–H groups in total. The lowest BCUT2D eigenvalue weighted by Gasteiger charge is -2.25. The molecule has 0 bridgehead atoms. The lowest BCUT2D eigenvalue weighted by Crippen LogP contribution is -2.51. The third-order valence-electron chi connectivity index (χ3n) is 4.18. The molecule has 1 saturated carbocycles. The summed E-state index contributed by atoms with van der Waals surface area (Å²) in [5.41, 5.74) is -0.656. The first-order chi connectivity index (χ1) is 12.3. The van der Waals surface area contributed by atoms with Crippen molar-refractivity contribution in [2.24, 2.45) is 0 Å². The number of hydrogen-bond acceptors (Lipinski definition) is 7. The van der Waals surface area contributed by atoms with Gasteiger partial charge in [0.2, 0.25) is 5.91 Å². The van der Waals surface area contributed by atoms with Gasteiger partial charge >= 0.3 is 12.1 Å². The Kier molecular flexibility index (Phi) is 6.06. The van der Waals surface area contributed by atoms with Crippen molar-refractivity contribution in [2.75, 3.05) is 0 Å². The summed E-state index contributed by atoms with van der Waals surface area (Å²) in [5.74, 6) is -1.64. The molecule has 0 radical (unpaired) electrons. The van der Waals surface area contributed by atoms with E-state index in [1.165, 1.54) is 6.92 Å². The molecule has 5 atom stereocenters. The average Bonchev–Trinajstić information content (AvgIpc) is 2.91. The quantitative estimate of drug-likeness (QED) is 0.699. The van der Waals surface area contributed by atoms with Crippen LogP contribution in [-0.2, 0) is 28.5 Å². The van der Waals surface area contributed by atoms with Gasteiger partial charge in [-0.05, 0) is 41.5 Å². The maximum absolute atomic E-state index is 12.5. The number of alkyl carbamates (subject to hydrolysis) is 1. The molecule has 1 saturated heterocycles. The summed E-state index contributed by atoms with van der Waals surface area (Å²) in [5, 5.41) is 5.35. The molecule has 0 aromatic carbocycles. The summed E-state index contributed by atoms with van der Waals surface area (Å²) in [6, 6.07) is -1.21. The Morgan fingerprint density at radius 2 is 1.74 bits per heavy atom. The number of esters is 1. The molecule has 0 aromatic heterocycles. The van der Waals surface area contributed by atoms with Crippen LogP contribution in [0.15, 0.2) is 0 Å². The van der Waals surface area contributed by atoms with Gasteiger partial charge in [0.15, 0.2) is 5.79 Å². The van der Waals surface area contributed by atoms with Gasteiger partial charge < -0.3 is 29.6 Å². The van der Waals surface area contributed by atoms with Gasteiger partial charge in [0, 0.05) is 13.3 Å². The Morgan fingerprint density at radius 1 is 1.15 bits per heavy atom. The van der Waals surface area contributed by atoms with Gasteiger partial charge in [-0.25, -0.2) is 4.79 Å². The van der Waals surface area contributed by atoms with Crippen molar-refractivity contribution >= 4 is 18.0 Å². The highest BCUT2D eigenvalue weighted by Crippen LogP contribution is 2.39. The zero-order chi connectivity index (χ0) is 20.6. The average molecular weight is 386 g/mol. The fourth-order valence-electron chi connectivity index (χ4n) is 3.26. The van der Waals surface area contributed by atoms with E-state index < -0.39 is 53.8 Å². The van der Waals surface area contributed by atoms with E-state index in [1.807, 2.05) is 0 Å². The standard InChI is InChI=1S/C18H30N2O7/c1-9(19-16(23)27-17(3,4)5)15(22)20-11-8-12(24-10(2)21)14-13(11)25-18(6,7)26-14/h9,11-14H,8H2,1-7H3,(H,19,23)(H,20,22)/t9-,11-,12+,13+,14-/m0/s1. The number of carbonyl (C=O) groups excluding carboxylic acids is 3. The molecule has 2 aliphatic rings. The monoisotopic (exact) mass is 386 g/mol. The molecule has 2 amide bonds. The lowest BCUT2D eigenvalue weighted by molar-refractivity contribution is -0.175. The van der Waals surface area contributed by atoms with E-state index in [0.717, 1.165) is 0 Å². The van der Waals surface area contributed by atoms with Crippen LogP contribution in [0.1, 0.15) is 54.9 Å². The summed E-state index contributed by atoms with van der Waals surface area (Å²) in [4.78, 5) is 35.7. The largest absolute Gasteiger partial charge is 0.460 e. The number of hydrogen-bond donors (Lipinski definition) is 2. The molecule has 0 aromatic rings. The van der Waals surface area contributed by atoms with Crippen LogP contribution in [-0.4, -0.2) is 59.8 Å². The molecule has 2 rings (SSSR count). The van der Waals surface area contributed by atoms with E-state index >= 15 is 0 Å². The van der Waals surface area contributed by atoms with Crippen molar-refractivity contribution in [1.82, 2.24) is 10.6 Å². The SMILES string of the molecule is CC(=O)O[C@@H]1C[C@H](NC(=O)[C@H](C)NC(=O)OC(C)(C)C)[C@H]2OC(C)(C)O[C@H]21. The minimum Gasteiger partial charge on any atom is -0.460 e. The van der Waals surface area contributed by atoms with Crippen molar-refractivity contribution in [1.29, 1.82) is 0 Å². The summed E-state index contributed by atoms with van der Waals surface area (Å²) in [7, 11) is 0. The van der Waals surface area contributed by atoms with Crippen molar-refractivity contribution < 1.29 is 33.3 Å². The molecule has 9 nitrogen and oxygen atoms in total. The maximum Gasteiger partial charge on any atom is 0.408 e. The second-order valence-corrected chi connectivity index (χ2v) is 8.43. The van der Waals surface area contributed by atoms with Gasteiger partial charge in [0.05, 0.1) is 6.04 Å². The van der Waals surface area contributed by atoms with Crippen LogP contribution in [0.2, 0.25) is 0 Å². The van der Waals surface area contributed by atoms with Crippen molar-refractivity contribution in [3.05, 3.63) is 0 Å². The van der Waals surface area contributed by atoms with E-state index in [0.29, 0.717) is 6.42 Å². The van der Waals surface area contributed by atoms with Crippen LogP contribution >= 0.6 is 0 Å². The summed E-state index contributed by atoms with van der Waals surface area (Å²) >= 11 is 0. The Hall–Kier alpha value is -1.87. The van der Waals surface area contributed by atoms with Gasteiger partial charge in [-0.3, -0.25) is 9.59 Å². The first kappa shape index (κ1) is 21.4. The molecule has 154 valence electrons. The minimum atomic E-state index is -0.836. The molecule has 9 heteroatoms. The fraction of sp³-hybridized carbons (Fsp3) is 0.833. The molecule has 27 heavy (non-hydrogen) atoms. The van der Waals surface area contributed by atoms with Crippen LogP contribution in [0.3, 0.4) is 0 Å². The van der Waals surface area contributed by atoms with Gasteiger partial charge in [0.1, 0.15) is 30.0 Å². The molecular weight excluding hydrogens is 356 g/mol. The lowest BCUT2D eigenvalue weighted by atomic mass is 10.2. The zero-order valence-corrected chi connectivity index (χ0v) is 17.0. The van der Waals surface area contributed by atoms with E-state index in [2.05, 4.69) is 10.6 Å². The highest BCUT2D eigenvalue weighted by Gasteiger charge is 2.56. The number of ether oxygens (including phenoxy) is 4. The summed E-state index contributed by atoms with van der Waals surface area (Å²) < 4.78 is 22.2. The number of carbonyl (C=O) groups is 3. The zero-order valence-electron chi connectivity index (χ0n) is 17.0. The molecule has 1 aliphatic carbocycles. The smallest absolute Gasteiger partial charge is 0.408 e. The molecule has 1 aliphatic heterocycles. The van der Waals surface area contributed by atoms with Crippen LogP contribution in [0.25, 0.3) is 0 Å². The highest BCUT2D eigenvalue weighted by atomic mass is 16.8. The van der Waals surface area contributed by atoms with Crippen molar-refractivity contribution in [2.45, 2.75) is 96.7 Å². The maximum atomic E-state index is 12.5. The van der Waals surface area contributed by atoms with Gasteiger partial charge in [-0.15, -0.1) is 0 Å². The predicted octanol–water partition coefficient (Wildman–Crippen LogP) is 1.24. The second-order valence-electron chi connectivity index (χ2n) is 8.43. The van der Waals surface area contributed by atoms with E-state index in [1.54, 1.807) is 41.5 Å². The first-order valence-corrected chi connectivity index (χ1v) is 9.10. The third-order valence-corrected chi connectivity index (χ3v) is 4.18. The Morgan fingerprint density at radius 3 is 2.30 bits per heavy atom. The van der Waals surface area contributed by atoms with Gasteiger partial charge in [-0.1, -0.05) is 0 Å². The van der Waals surface area contributed by atoms with E-state index in [-0.39, 0.29) is 5.91 Å².